The molecule has 5 nitrogen and oxygen atoms in total. The largest absolute Gasteiger partial charge is 0.416 e. The zero-order valence-electron chi connectivity index (χ0n) is 18.1. The van der Waals surface area contributed by atoms with Gasteiger partial charge in [0.05, 0.1) is 5.56 Å². The maximum Gasteiger partial charge on any atom is 0.416 e. The molecule has 1 aromatic carbocycles. The van der Waals surface area contributed by atoms with Crippen LogP contribution in [0.4, 0.5) is 13.2 Å². The van der Waals surface area contributed by atoms with Gasteiger partial charge >= 0.3 is 6.18 Å². The number of carbonyl (C=O) groups excluding carboxylic acids is 2. The molecule has 2 saturated heterocycles. The number of nitrogens with one attached hydrogen (secondary N) is 1. The van der Waals surface area contributed by atoms with E-state index in [0.717, 1.165) is 44.1 Å². The fourth-order valence-corrected chi connectivity index (χ4v) is 4.27. The number of rotatable bonds is 6. The van der Waals surface area contributed by atoms with E-state index in [-0.39, 0.29) is 23.3 Å². The Morgan fingerprint density at radius 2 is 1.61 bits per heavy atom. The van der Waals surface area contributed by atoms with Gasteiger partial charge in [-0.3, -0.25) is 9.59 Å². The molecule has 2 aliphatic rings. The van der Waals surface area contributed by atoms with Crippen LogP contribution in [0, 0.1) is 11.8 Å². The summed E-state index contributed by atoms with van der Waals surface area (Å²) in [6, 6.07) is 4.29. The van der Waals surface area contributed by atoms with E-state index in [2.05, 4.69) is 17.1 Å². The highest BCUT2D eigenvalue weighted by atomic mass is 19.4. The van der Waals surface area contributed by atoms with Crippen LogP contribution in [0.2, 0.25) is 0 Å². The number of benzene rings is 1. The van der Waals surface area contributed by atoms with E-state index in [1.807, 2.05) is 0 Å². The fraction of sp³-hybridized carbons (Fsp3) is 0.652. The van der Waals surface area contributed by atoms with Crippen molar-refractivity contribution in [3.8, 4) is 0 Å². The van der Waals surface area contributed by atoms with Gasteiger partial charge in [-0.2, -0.15) is 13.2 Å². The lowest BCUT2D eigenvalue weighted by Crippen LogP contribution is -2.43. The van der Waals surface area contributed by atoms with Gasteiger partial charge in [-0.25, -0.2) is 0 Å². The van der Waals surface area contributed by atoms with Gasteiger partial charge in [0.2, 0.25) is 5.91 Å². The Balaban J connectivity index is 1.36. The molecule has 0 aliphatic carbocycles. The zero-order chi connectivity index (χ0) is 22.4. The third-order valence-electron chi connectivity index (χ3n) is 6.44. The van der Waals surface area contributed by atoms with Gasteiger partial charge in [0.1, 0.15) is 0 Å². The molecule has 2 heterocycles. The molecule has 0 saturated carbocycles. The first-order valence-corrected chi connectivity index (χ1v) is 11.2. The van der Waals surface area contributed by atoms with E-state index in [9.17, 15) is 22.8 Å². The molecule has 8 heteroatoms. The summed E-state index contributed by atoms with van der Waals surface area (Å²) in [6.45, 7) is 7.11. The lowest BCUT2D eigenvalue weighted by molar-refractivity contribution is -0.137. The number of amides is 2. The van der Waals surface area contributed by atoms with Crippen LogP contribution in [-0.2, 0) is 11.0 Å². The summed E-state index contributed by atoms with van der Waals surface area (Å²) in [5.41, 5.74) is -0.530. The van der Waals surface area contributed by atoms with Crippen molar-refractivity contribution in [2.45, 2.75) is 45.2 Å². The average Bonchev–Trinajstić information content (AvgIpc) is 2.77. The molecule has 0 aromatic heterocycles. The Kier molecular flexibility index (Phi) is 7.97. The molecule has 0 spiro atoms. The number of likely N-dealkylation sites (tertiary alicyclic amines) is 2. The van der Waals surface area contributed by atoms with Crippen LogP contribution < -0.4 is 5.32 Å². The van der Waals surface area contributed by atoms with Crippen LogP contribution in [0.15, 0.2) is 24.3 Å². The van der Waals surface area contributed by atoms with E-state index in [4.69, 9.17) is 0 Å². The zero-order valence-corrected chi connectivity index (χ0v) is 18.1. The first kappa shape index (κ1) is 23.6. The van der Waals surface area contributed by atoms with Crippen LogP contribution >= 0.6 is 0 Å². The first-order valence-electron chi connectivity index (χ1n) is 11.2. The van der Waals surface area contributed by atoms with Crippen molar-refractivity contribution in [1.29, 1.82) is 0 Å². The summed E-state index contributed by atoms with van der Waals surface area (Å²) < 4.78 is 38.0. The second-order valence-electron chi connectivity index (χ2n) is 8.81. The molecule has 2 fully saturated rings. The van der Waals surface area contributed by atoms with Crippen molar-refractivity contribution in [3.63, 3.8) is 0 Å². The van der Waals surface area contributed by atoms with Crippen molar-refractivity contribution in [1.82, 2.24) is 15.1 Å². The van der Waals surface area contributed by atoms with E-state index in [0.29, 0.717) is 32.5 Å². The van der Waals surface area contributed by atoms with Crippen molar-refractivity contribution in [2.24, 2.45) is 11.8 Å². The van der Waals surface area contributed by atoms with Crippen molar-refractivity contribution < 1.29 is 22.8 Å². The number of piperidine rings is 2. The average molecular weight is 440 g/mol. The summed E-state index contributed by atoms with van der Waals surface area (Å²) in [6.07, 6.45) is 0.154. The minimum absolute atomic E-state index is 0.0360. The van der Waals surface area contributed by atoms with Gasteiger partial charge in [-0.1, -0.05) is 6.92 Å². The second-order valence-corrected chi connectivity index (χ2v) is 8.81. The molecule has 3 rings (SSSR count). The van der Waals surface area contributed by atoms with Gasteiger partial charge < -0.3 is 15.1 Å². The standard InChI is InChI=1S/C23H32F3N3O2/c1-17-7-13-28(14-8-17)12-2-11-27-21(30)18-9-15-29(16-10-18)22(31)19-3-5-20(6-4-19)23(24,25)26/h3-6,17-18H,2,7-16H2,1H3,(H,27,30). The first-order chi connectivity index (χ1) is 14.7. The third-order valence-corrected chi connectivity index (χ3v) is 6.44. The second kappa shape index (κ2) is 10.5. The minimum Gasteiger partial charge on any atom is -0.356 e. The van der Waals surface area contributed by atoms with E-state index in [1.54, 1.807) is 4.90 Å². The highest BCUT2D eigenvalue weighted by Crippen LogP contribution is 2.29. The van der Waals surface area contributed by atoms with Crippen molar-refractivity contribution >= 4 is 11.8 Å². The molecule has 31 heavy (non-hydrogen) atoms. The van der Waals surface area contributed by atoms with E-state index in [1.165, 1.54) is 25.0 Å². The summed E-state index contributed by atoms with van der Waals surface area (Å²) in [4.78, 5) is 29.1. The van der Waals surface area contributed by atoms with E-state index < -0.39 is 11.7 Å². The molecule has 0 atom stereocenters. The number of hydrogen-bond donors (Lipinski definition) is 1. The third kappa shape index (κ3) is 6.69. The van der Waals surface area contributed by atoms with E-state index >= 15 is 0 Å². The van der Waals surface area contributed by atoms with Crippen molar-refractivity contribution in [2.75, 3.05) is 39.3 Å². The maximum atomic E-state index is 12.7. The van der Waals surface area contributed by atoms with Crippen LogP contribution in [-0.4, -0.2) is 60.9 Å². The molecule has 1 N–H and O–H groups in total. The van der Waals surface area contributed by atoms with Crippen LogP contribution in [0.1, 0.15) is 54.9 Å². The lowest BCUT2D eigenvalue weighted by atomic mass is 9.95. The van der Waals surface area contributed by atoms with Crippen LogP contribution in [0.25, 0.3) is 0 Å². The van der Waals surface area contributed by atoms with Crippen molar-refractivity contribution in [3.05, 3.63) is 35.4 Å². The predicted octanol–water partition coefficient (Wildman–Crippen LogP) is 3.80. The summed E-state index contributed by atoms with van der Waals surface area (Å²) in [7, 11) is 0. The topological polar surface area (TPSA) is 52.7 Å². The molecule has 0 unspecified atom stereocenters. The van der Waals surface area contributed by atoms with Gasteiger partial charge in [0, 0.05) is 31.1 Å². The SMILES string of the molecule is CC1CCN(CCCNC(=O)C2CCN(C(=O)c3ccc(C(F)(F)F)cc3)CC2)CC1. The number of halogens is 3. The summed E-state index contributed by atoms with van der Waals surface area (Å²) in [5, 5.41) is 3.02. The van der Waals surface area contributed by atoms with Gasteiger partial charge in [-0.05, 0) is 81.9 Å². The molecule has 0 radical (unpaired) electrons. The normalized spacial score (nSPS) is 19.4. The molecule has 0 bridgehead atoms. The maximum absolute atomic E-state index is 12.7. The minimum atomic E-state index is -4.42. The Bertz CT molecular complexity index is 735. The number of hydrogen-bond acceptors (Lipinski definition) is 3. The highest BCUT2D eigenvalue weighted by Gasteiger charge is 2.31. The number of alkyl halides is 3. The van der Waals surface area contributed by atoms with Gasteiger partial charge in [-0.15, -0.1) is 0 Å². The molecule has 1 aromatic rings. The molecule has 2 amide bonds. The summed E-state index contributed by atoms with van der Waals surface area (Å²) >= 11 is 0. The highest BCUT2D eigenvalue weighted by molar-refractivity contribution is 5.94. The number of nitrogens with zero attached hydrogens (tertiary/aromatic N) is 2. The van der Waals surface area contributed by atoms with Crippen LogP contribution in [0.3, 0.4) is 0 Å². The Morgan fingerprint density at radius 1 is 1.00 bits per heavy atom. The van der Waals surface area contributed by atoms with Crippen LogP contribution in [0.5, 0.6) is 0 Å². The monoisotopic (exact) mass is 439 g/mol. The molecular weight excluding hydrogens is 407 g/mol. The van der Waals surface area contributed by atoms with Gasteiger partial charge in [0.15, 0.2) is 0 Å². The lowest BCUT2D eigenvalue weighted by Gasteiger charge is -2.32. The predicted molar refractivity (Wildman–Crippen MR) is 113 cm³/mol. The fourth-order valence-electron chi connectivity index (χ4n) is 4.27. The molecule has 2 aliphatic heterocycles. The molecular formula is C23H32F3N3O2. The Labute approximate surface area is 182 Å². The smallest absolute Gasteiger partial charge is 0.356 e. The summed E-state index contributed by atoms with van der Waals surface area (Å²) in [5.74, 6) is 0.442. The quantitative estimate of drug-likeness (QED) is 0.686. The number of carbonyl (C=O) groups is 2. The Hall–Kier alpha value is -2.09. The Morgan fingerprint density at radius 3 is 2.19 bits per heavy atom. The molecule has 172 valence electrons. The van der Waals surface area contributed by atoms with Gasteiger partial charge in [0.25, 0.3) is 5.91 Å².